The molecular formula is C13H21N3O. The number of hydrogen-bond donors (Lipinski definition) is 2. The lowest BCUT2D eigenvalue weighted by Gasteiger charge is -2.18. The van der Waals surface area contributed by atoms with Crippen LogP contribution in [0, 0.1) is 5.41 Å². The molecule has 0 bridgehead atoms. The lowest BCUT2D eigenvalue weighted by atomic mass is 9.92. The second-order valence-corrected chi connectivity index (χ2v) is 5.68. The molecule has 4 heteroatoms. The molecule has 1 saturated carbocycles. The van der Waals surface area contributed by atoms with Crippen molar-refractivity contribution in [1.29, 1.82) is 0 Å². The molecule has 0 spiro atoms. The predicted molar refractivity (Wildman–Crippen MR) is 69.3 cm³/mol. The summed E-state index contributed by atoms with van der Waals surface area (Å²) in [6.45, 7) is 6.56. The van der Waals surface area contributed by atoms with E-state index in [9.17, 15) is 4.79 Å². The Morgan fingerprint density at radius 3 is 2.94 bits per heavy atom. The first-order valence-corrected chi connectivity index (χ1v) is 6.35. The molecular weight excluding hydrogens is 214 g/mol. The molecule has 2 N–H and O–H groups in total. The summed E-state index contributed by atoms with van der Waals surface area (Å²) < 4.78 is 0. The van der Waals surface area contributed by atoms with Gasteiger partial charge < -0.3 is 10.3 Å². The van der Waals surface area contributed by atoms with Crippen LogP contribution in [0.25, 0.3) is 0 Å². The molecule has 1 aliphatic rings. The van der Waals surface area contributed by atoms with Crippen molar-refractivity contribution in [3.8, 4) is 0 Å². The Kier molecular flexibility index (Phi) is 3.22. The van der Waals surface area contributed by atoms with E-state index in [-0.39, 0.29) is 5.56 Å². The topological polar surface area (TPSA) is 57.8 Å². The zero-order valence-electron chi connectivity index (χ0n) is 10.8. The first kappa shape index (κ1) is 12.1. The van der Waals surface area contributed by atoms with Crippen molar-refractivity contribution in [3.05, 3.63) is 22.2 Å². The molecule has 1 heterocycles. The Bertz CT molecular complexity index is 450. The van der Waals surface area contributed by atoms with Gasteiger partial charge in [0.25, 0.3) is 5.56 Å². The average Bonchev–Trinajstić information content (AvgIpc) is 2.57. The highest BCUT2D eigenvalue weighted by Crippen LogP contribution is 2.37. The van der Waals surface area contributed by atoms with Gasteiger partial charge >= 0.3 is 0 Å². The zero-order valence-corrected chi connectivity index (χ0v) is 10.8. The summed E-state index contributed by atoms with van der Waals surface area (Å²) in [6.07, 6.45) is 4.28. The highest BCUT2D eigenvalue weighted by Gasteiger charge is 2.30. The number of aromatic amines is 1. The molecule has 1 aliphatic carbocycles. The summed E-state index contributed by atoms with van der Waals surface area (Å²) in [5, 5.41) is 3.38. The monoisotopic (exact) mass is 235 g/mol. The standard InChI is InChI=1S/C13H21N3O/c1-4-10-15-11(7-12(17)16-10)14-9-5-6-13(2,3)8-9/h7,9H,4-6,8H2,1-3H3,(H2,14,15,16,17). The van der Waals surface area contributed by atoms with Gasteiger partial charge in [0, 0.05) is 18.5 Å². The molecule has 0 aromatic carbocycles. The first-order valence-electron chi connectivity index (χ1n) is 6.35. The van der Waals surface area contributed by atoms with Crippen LogP contribution >= 0.6 is 0 Å². The molecule has 1 atom stereocenters. The first-order chi connectivity index (χ1) is 7.98. The van der Waals surface area contributed by atoms with Gasteiger partial charge in [0.1, 0.15) is 11.6 Å². The molecule has 0 aliphatic heterocycles. The molecule has 2 rings (SSSR count). The maximum absolute atomic E-state index is 11.4. The van der Waals surface area contributed by atoms with Crippen molar-refractivity contribution in [3.63, 3.8) is 0 Å². The highest BCUT2D eigenvalue weighted by atomic mass is 16.1. The summed E-state index contributed by atoms with van der Waals surface area (Å²) in [5.41, 5.74) is 0.337. The molecule has 1 unspecified atom stereocenters. The predicted octanol–water partition coefficient (Wildman–Crippen LogP) is 2.32. The van der Waals surface area contributed by atoms with Crippen LogP contribution in [-0.4, -0.2) is 16.0 Å². The maximum atomic E-state index is 11.4. The minimum atomic E-state index is -0.0726. The van der Waals surface area contributed by atoms with Crippen LogP contribution in [0.5, 0.6) is 0 Å². The quantitative estimate of drug-likeness (QED) is 0.845. The Morgan fingerprint density at radius 1 is 1.59 bits per heavy atom. The lowest BCUT2D eigenvalue weighted by Crippen LogP contribution is -2.21. The summed E-state index contributed by atoms with van der Waals surface area (Å²) in [7, 11) is 0. The number of aryl methyl sites for hydroxylation is 1. The lowest BCUT2D eigenvalue weighted by molar-refractivity contribution is 0.378. The van der Waals surface area contributed by atoms with E-state index in [0.717, 1.165) is 25.1 Å². The van der Waals surface area contributed by atoms with E-state index in [1.165, 1.54) is 6.42 Å². The molecule has 0 amide bonds. The minimum absolute atomic E-state index is 0.0726. The molecule has 1 fully saturated rings. The van der Waals surface area contributed by atoms with Gasteiger partial charge in [-0.3, -0.25) is 4.79 Å². The number of nitrogens with one attached hydrogen (secondary N) is 2. The van der Waals surface area contributed by atoms with E-state index in [1.54, 1.807) is 6.07 Å². The van der Waals surface area contributed by atoms with Gasteiger partial charge in [0.2, 0.25) is 0 Å². The van der Waals surface area contributed by atoms with Crippen LogP contribution in [0.3, 0.4) is 0 Å². The number of rotatable bonds is 3. The maximum Gasteiger partial charge on any atom is 0.252 e. The fourth-order valence-corrected chi connectivity index (χ4v) is 2.52. The van der Waals surface area contributed by atoms with E-state index in [1.807, 2.05) is 6.92 Å². The molecule has 17 heavy (non-hydrogen) atoms. The molecule has 0 radical (unpaired) electrons. The Balaban J connectivity index is 2.09. The van der Waals surface area contributed by atoms with Gasteiger partial charge in [-0.25, -0.2) is 4.98 Å². The van der Waals surface area contributed by atoms with Crippen LogP contribution in [-0.2, 0) is 6.42 Å². The van der Waals surface area contributed by atoms with Crippen molar-refractivity contribution in [2.24, 2.45) is 5.41 Å². The largest absolute Gasteiger partial charge is 0.367 e. The summed E-state index contributed by atoms with van der Waals surface area (Å²) in [5.74, 6) is 1.46. The Hall–Kier alpha value is -1.32. The number of nitrogens with zero attached hydrogens (tertiary/aromatic N) is 1. The van der Waals surface area contributed by atoms with Gasteiger partial charge in [-0.15, -0.1) is 0 Å². The second kappa shape index (κ2) is 4.51. The van der Waals surface area contributed by atoms with Crippen molar-refractivity contribution in [2.75, 3.05) is 5.32 Å². The third-order valence-electron chi connectivity index (χ3n) is 3.45. The van der Waals surface area contributed by atoms with Gasteiger partial charge in [0.15, 0.2) is 0 Å². The number of hydrogen-bond acceptors (Lipinski definition) is 3. The van der Waals surface area contributed by atoms with Crippen molar-refractivity contribution in [2.45, 2.75) is 52.5 Å². The third kappa shape index (κ3) is 3.08. The van der Waals surface area contributed by atoms with Crippen molar-refractivity contribution >= 4 is 5.82 Å². The normalized spacial score (nSPS) is 22.6. The fraction of sp³-hybridized carbons (Fsp3) is 0.692. The van der Waals surface area contributed by atoms with E-state index < -0.39 is 0 Å². The van der Waals surface area contributed by atoms with E-state index in [0.29, 0.717) is 17.3 Å². The second-order valence-electron chi connectivity index (χ2n) is 5.68. The summed E-state index contributed by atoms with van der Waals surface area (Å²) in [4.78, 5) is 18.6. The summed E-state index contributed by atoms with van der Waals surface area (Å²) >= 11 is 0. The van der Waals surface area contributed by atoms with Crippen LogP contribution < -0.4 is 10.9 Å². The van der Waals surface area contributed by atoms with Crippen molar-refractivity contribution < 1.29 is 0 Å². The zero-order chi connectivity index (χ0) is 12.5. The number of anilines is 1. The Labute approximate surface area is 102 Å². The molecule has 94 valence electrons. The minimum Gasteiger partial charge on any atom is -0.367 e. The molecule has 1 aromatic heterocycles. The van der Waals surface area contributed by atoms with Gasteiger partial charge in [0.05, 0.1) is 0 Å². The Morgan fingerprint density at radius 2 is 2.35 bits per heavy atom. The van der Waals surface area contributed by atoms with E-state index in [2.05, 4.69) is 29.1 Å². The van der Waals surface area contributed by atoms with Crippen LogP contribution in [0.2, 0.25) is 0 Å². The van der Waals surface area contributed by atoms with E-state index in [4.69, 9.17) is 0 Å². The number of H-pyrrole nitrogens is 1. The summed E-state index contributed by atoms with van der Waals surface area (Å²) in [6, 6.07) is 1.99. The SMILES string of the molecule is CCc1nc(NC2CCC(C)(C)C2)cc(=O)[nH]1. The van der Waals surface area contributed by atoms with Gasteiger partial charge in [-0.1, -0.05) is 20.8 Å². The molecule has 4 nitrogen and oxygen atoms in total. The average molecular weight is 235 g/mol. The van der Waals surface area contributed by atoms with Gasteiger partial charge in [-0.2, -0.15) is 0 Å². The van der Waals surface area contributed by atoms with Crippen LogP contribution in [0.1, 0.15) is 45.9 Å². The number of aromatic nitrogens is 2. The fourth-order valence-electron chi connectivity index (χ4n) is 2.52. The highest BCUT2D eigenvalue weighted by molar-refractivity contribution is 5.34. The van der Waals surface area contributed by atoms with Crippen molar-refractivity contribution in [1.82, 2.24) is 9.97 Å². The van der Waals surface area contributed by atoms with Gasteiger partial charge in [-0.05, 0) is 24.7 Å². The third-order valence-corrected chi connectivity index (χ3v) is 3.45. The molecule has 0 saturated heterocycles. The van der Waals surface area contributed by atoms with E-state index >= 15 is 0 Å². The van der Waals surface area contributed by atoms with Crippen LogP contribution in [0.4, 0.5) is 5.82 Å². The smallest absolute Gasteiger partial charge is 0.252 e. The molecule has 1 aromatic rings. The van der Waals surface area contributed by atoms with Crippen LogP contribution in [0.15, 0.2) is 10.9 Å².